The lowest BCUT2D eigenvalue weighted by molar-refractivity contribution is -0.140. The van der Waals surface area contributed by atoms with Crippen LogP contribution >= 0.6 is 0 Å². The summed E-state index contributed by atoms with van der Waals surface area (Å²) in [4.78, 5) is 0. The Balaban J connectivity index is 1.92. The van der Waals surface area contributed by atoms with Gasteiger partial charge in [-0.15, -0.1) is 0 Å². The third-order valence-electron chi connectivity index (χ3n) is 2.18. The van der Waals surface area contributed by atoms with E-state index in [1.807, 2.05) is 13.8 Å². The summed E-state index contributed by atoms with van der Waals surface area (Å²) in [6.07, 6.45) is 3.07. The van der Waals surface area contributed by atoms with Gasteiger partial charge in [-0.05, 0) is 32.6 Å². The second-order valence-electron chi connectivity index (χ2n) is 3.70. The largest absolute Gasteiger partial charge is 0.348 e. The summed E-state index contributed by atoms with van der Waals surface area (Å²) >= 11 is 0. The van der Waals surface area contributed by atoms with Crippen molar-refractivity contribution in [1.82, 2.24) is 0 Å². The van der Waals surface area contributed by atoms with Gasteiger partial charge in [0.05, 0.1) is 12.7 Å². The molecule has 1 saturated carbocycles. The molecular weight excluding hydrogens is 128 g/mol. The second kappa shape index (κ2) is 1.95. The molecule has 1 saturated heterocycles. The Hall–Kier alpha value is -0.0800. The fourth-order valence-corrected chi connectivity index (χ4v) is 1.42. The molecule has 1 aliphatic carbocycles. The number of ether oxygens (including phenoxy) is 2. The number of rotatable bonds is 1. The first-order chi connectivity index (χ1) is 4.67. The molecule has 2 heteroatoms. The Morgan fingerprint density at radius 3 is 2.40 bits per heavy atom. The van der Waals surface area contributed by atoms with Gasteiger partial charge in [-0.3, -0.25) is 0 Å². The van der Waals surface area contributed by atoms with Gasteiger partial charge in [0.1, 0.15) is 0 Å². The summed E-state index contributed by atoms with van der Waals surface area (Å²) in [5, 5.41) is 0. The van der Waals surface area contributed by atoms with Crippen molar-refractivity contribution in [1.29, 1.82) is 0 Å². The highest BCUT2D eigenvalue weighted by Gasteiger charge is 2.41. The van der Waals surface area contributed by atoms with E-state index >= 15 is 0 Å². The van der Waals surface area contributed by atoms with E-state index in [-0.39, 0.29) is 5.79 Å². The first kappa shape index (κ1) is 6.62. The Labute approximate surface area is 61.5 Å². The lowest BCUT2D eigenvalue weighted by atomic mass is 10.2. The predicted molar refractivity (Wildman–Crippen MR) is 37.6 cm³/mol. The molecule has 0 spiro atoms. The molecule has 2 aliphatic rings. The molecule has 0 aromatic rings. The zero-order valence-corrected chi connectivity index (χ0v) is 6.59. The van der Waals surface area contributed by atoms with Crippen LogP contribution < -0.4 is 0 Å². The highest BCUT2D eigenvalue weighted by molar-refractivity contribution is 4.86. The van der Waals surface area contributed by atoms with Crippen LogP contribution in [0.2, 0.25) is 0 Å². The van der Waals surface area contributed by atoms with E-state index in [1.165, 1.54) is 12.8 Å². The maximum absolute atomic E-state index is 5.65. The van der Waals surface area contributed by atoms with Crippen LogP contribution in [0.25, 0.3) is 0 Å². The summed E-state index contributed by atoms with van der Waals surface area (Å²) < 4.78 is 11.1. The van der Waals surface area contributed by atoms with E-state index in [9.17, 15) is 0 Å². The molecule has 1 aliphatic heterocycles. The topological polar surface area (TPSA) is 18.5 Å². The standard InChI is InChI=1S/C8H14O2/c1-8(2)9-5-7(10-8)6-3-4-6/h6-7H,3-5H2,1-2H3. The van der Waals surface area contributed by atoms with Gasteiger partial charge in [0.2, 0.25) is 0 Å². The monoisotopic (exact) mass is 142 g/mol. The molecule has 2 rings (SSSR count). The van der Waals surface area contributed by atoms with Gasteiger partial charge in [0.25, 0.3) is 0 Å². The average molecular weight is 142 g/mol. The van der Waals surface area contributed by atoms with Crippen molar-refractivity contribution < 1.29 is 9.47 Å². The fraction of sp³-hybridized carbons (Fsp3) is 1.00. The normalized spacial score (nSPS) is 38.4. The van der Waals surface area contributed by atoms with Crippen molar-refractivity contribution >= 4 is 0 Å². The maximum Gasteiger partial charge on any atom is 0.163 e. The fourth-order valence-electron chi connectivity index (χ4n) is 1.42. The molecule has 0 radical (unpaired) electrons. The van der Waals surface area contributed by atoms with E-state index in [1.54, 1.807) is 0 Å². The third kappa shape index (κ3) is 1.18. The van der Waals surface area contributed by atoms with E-state index in [0.29, 0.717) is 6.10 Å². The van der Waals surface area contributed by atoms with Crippen molar-refractivity contribution in [2.24, 2.45) is 5.92 Å². The zero-order valence-electron chi connectivity index (χ0n) is 6.59. The average Bonchev–Trinajstić information content (AvgIpc) is 2.59. The summed E-state index contributed by atoms with van der Waals surface area (Å²) in [6, 6.07) is 0. The Kier molecular flexibility index (Phi) is 1.29. The molecule has 0 aromatic carbocycles. The molecule has 1 heterocycles. The molecule has 2 nitrogen and oxygen atoms in total. The van der Waals surface area contributed by atoms with E-state index in [2.05, 4.69) is 0 Å². The van der Waals surface area contributed by atoms with Gasteiger partial charge in [0.15, 0.2) is 5.79 Å². The molecule has 2 fully saturated rings. The molecule has 58 valence electrons. The van der Waals surface area contributed by atoms with Crippen LogP contribution in [-0.4, -0.2) is 18.5 Å². The summed E-state index contributed by atoms with van der Waals surface area (Å²) in [6.45, 7) is 4.77. The second-order valence-corrected chi connectivity index (χ2v) is 3.70. The Bertz CT molecular complexity index is 138. The van der Waals surface area contributed by atoms with Crippen LogP contribution in [0.3, 0.4) is 0 Å². The quantitative estimate of drug-likeness (QED) is 0.553. The Morgan fingerprint density at radius 2 is 2.00 bits per heavy atom. The van der Waals surface area contributed by atoms with Crippen molar-refractivity contribution in [2.75, 3.05) is 6.61 Å². The minimum atomic E-state index is -0.312. The van der Waals surface area contributed by atoms with Crippen LogP contribution in [0.4, 0.5) is 0 Å². The summed E-state index contributed by atoms with van der Waals surface area (Å²) in [5.74, 6) is 0.495. The van der Waals surface area contributed by atoms with Crippen molar-refractivity contribution in [3.8, 4) is 0 Å². The number of hydrogen-bond acceptors (Lipinski definition) is 2. The van der Waals surface area contributed by atoms with E-state index in [0.717, 1.165) is 12.5 Å². The lowest BCUT2D eigenvalue weighted by Gasteiger charge is -2.16. The minimum absolute atomic E-state index is 0.312. The van der Waals surface area contributed by atoms with Gasteiger partial charge in [-0.1, -0.05) is 0 Å². The molecule has 0 amide bonds. The van der Waals surface area contributed by atoms with Gasteiger partial charge in [-0.25, -0.2) is 0 Å². The summed E-state index contributed by atoms with van der Waals surface area (Å²) in [5.41, 5.74) is 0. The van der Waals surface area contributed by atoms with Crippen LogP contribution in [0.15, 0.2) is 0 Å². The highest BCUT2D eigenvalue weighted by atomic mass is 16.7. The van der Waals surface area contributed by atoms with Crippen molar-refractivity contribution in [3.63, 3.8) is 0 Å². The number of hydrogen-bond donors (Lipinski definition) is 0. The third-order valence-corrected chi connectivity index (χ3v) is 2.18. The van der Waals surface area contributed by atoms with Gasteiger partial charge < -0.3 is 9.47 Å². The highest BCUT2D eigenvalue weighted by Crippen LogP contribution is 2.39. The van der Waals surface area contributed by atoms with Crippen LogP contribution in [0.1, 0.15) is 26.7 Å². The van der Waals surface area contributed by atoms with Crippen molar-refractivity contribution in [2.45, 2.75) is 38.6 Å². The van der Waals surface area contributed by atoms with Gasteiger partial charge >= 0.3 is 0 Å². The Morgan fingerprint density at radius 1 is 1.30 bits per heavy atom. The lowest BCUT2D eigenvalue weighted by Crippen LogP contribution is -2.22. The van der Waals surface area contributed by atoms with E-state index < -0.39 is 0 Å². The van der Waals surface area contributed by atoms with Gasteiger partial charge in [0, 0.05) is 0 Å². The smallest absolute Gasteiger partial charge is 0.163 e. The zero-order chi connectivity index (χ0) is 7.19. The minimum Gasteiger partial charge on any atom is -0.348 e. The molecular formula is C8H14O2. The van der Waals surface area contributed by atoms with Crippen molar-refractivity contribution in [3.05, 3.63) is 0 Å². The SMILES string of the molecule is CC1(C)OCC(C2CC2)O1. The van der Waals surface area contributed by atoms with Crippen LogP contribution in [0.5, 0.6) is 0 Å². The van der Waals surface area contributed by atoms with E-state index in [4.69, 9.17) is 9.47 Å². The summed E-state index contributed by atoms with van der Waals surface area (Å²) in [7, 11) is 0. The van der Waals surface area contributed by atoms with Gasteiger partial charge in [-0.2, -0.15) is 0 Å². The molecule has 1 unspecified atom stereocenters. The molecule has 0 N–H and O–H groups in total. The molecule has 0 aromatic heterocycles. The molecule has 1 atom stereocenters. The molecule has 10 heavy (non-hydrogen) atoms. The predicted octanol–water partition coefficient (Wildman–Crippen LogP) is 1.55. The van der Waals surface area contributed by atoms with Crippen LogP contribution in [0, 0.1) is 5.92 Å². The first-order valence-corrected chi connectivity index (χ1v) is 3.99. The molecule has 0 bridgehead atoms. The maximum atomic E-state index is 5.65. The first-order valence-electron chi connectivity index (χ1n) is 3.99. The van der Waals surface area contributed by atoms with Crippen LogP contribution in [-0.2, 0) is 9.47 Å².